The highest BCUT2D eigenvalue weighted by atomic mass is 35.5. The fraction of sp³-hybridized carbons (Fsp3) is 0.375. The number of anilines is 3. The van der Waals surface area contributed by atoms with E-state index in [1.54, 1.807) is 12.1 Å². The molecule has 0 atom stereocenters. The Morgan fingerprint density at radius 1 is 1.17 bits per heavy atom. The first-order valence-electron chi connectivity index (χ1n) is 7.61. The summed E-state index contributed by atoms with van der Waals surface area (Å²) in [6.45, 7) is 0.770. The zero-order chi connectivity index (χ0) is 16.2. The first kappa shape index (κ1) is 16.3. The number of aromatic nitrogens is 2. The van der Waals surface area contributed by atoms with Crippen LogP contribution in [-0.2, 0) is 0 Å². The summed E-state index contributed by atoms with van der Waals surface area (Å²) in [6, 6.07) is 7.25. The molecular formula is C16H18Cl2N4O. The summed E-state index contributed by atoms with van der Waals surface area (Å²) in [6.07, 6.45) is 2.98. The summed E-state index contributed by atoms with van der Waals surface area (Å²) in [5, 5.41) is 16.4. The molecule has 23 heavy (non-hydrogen) atoms. The van der Waals surface area contributed by atoms with Crippen molar-refractivity contribution in [2.75, 3.05) is 23.8 Å². The average molecular weight is 353 g/mol. The van der Waals surface area contributed by atoms with Gasteiger partial charge in [-0.3, -0.25) is 0 Å². The van der Waals surface area contributed by atoms with Crippen molar-refractivity contribution < 1.29 is 5.11 Å². The molecule has 0 aliphatic heterocycles. The minimum atomic E-state index is 0.140. The first-order valence-corrected chi connectivity index (χ1v) is 8.37. The van der Waals surface area contributed by atoms with Gasteiger partial charge in [-0.2, -0.15) is 4.98 Å². The maximum atomic E-state index is 8.88. The van der Waals surface area contributed by atoms with E-state index in [-0.39, 0.29) is 6.61 Å². The molecule has 1 aliphatic rings. The van der Waals surface area contributed by atoms with Gasteiger partial charge >= 0.3 is 0 Å². The Kier molecular flexibility index (Phi) is 5.20. The van der Waals surface area contributed by atoms with Crippen LogP contribution in [0, 0.1) is 0 Å². The second-order valence-electron chi connectivity index (χ2n) is 5.53. The summed E-state index contributed by atoms with van der Waals surface area (Å²) < 4.78 is 0. The topological polar surface area (TPSA) is 70.1 Å². The van der Waals surface area contributed by atoms with Crippen LogP contribution in [0.1, 0.15) is 30.9 Å². The lowest BCUT2D eigenvalue weighted by atomic mass is 10.2. The van der Waals surface area contributed by atoms with Crippen LogP contribution in [-0.4, -0.2) is 28.2 Å². The van der Waals surface area contributed by atoms with E-state index in [1.165, 1.54) is 0 Å². The number of hydrogen-bond donors (Lipinski definition) is 3. The summed E-state index contributed by atoms with van der Waals surface area (Å²) >= 11 is 12.1. The lowest BCUT2D eigenvalue weighted by molar-refractivity contribution is 0.292. The summed E-state index contributed by atoms with van der Waals surface area (Å²) in [5.74, 6) is 1.77. The zero-order valence-corrected chi connectivity index (χ0v) is 14.0. The molecular weight excluding hydrogens is 335 g/mol. The van der Waals surface area contributed by atoms with Gasteiger partial charge in [0, 0.05) is 30.2 Å². The molecule has 0 amide bonds. The zero-order valence-electron chi connectivity index (χ0n) is 12.5. The van der Waals surface area contributed by atoms with Crippen LogP contribution in [0.3, 0.4) is 0 Å². The molecule has 1 aliphatic carbocycles. The van der Waals surface area contributed by atoms with E-state index < -0.39 is 0 Å². The molecule has 0 bridgehead atoms. The van der Waals surface area contributed by atoms with Crippen molar-refractivity contribution in [1.82, 2.24) is 9.97 Å². The van der Waals surface area contributed by atoms with Crippen LogP contribution in [0.4, 0.5) is 17.5 Å². The highest BCUT2D eigenvalue weighted by Crippen LogP contribution is 2.40. The summed E-state index contributed by atoms with van der Waals surface area (Å²) in [7, 11) is 0. The van der Waals surface area contributed by atoms with E-state index in [0.717, 1.165) is 24.2 Å². The Labute approximate surface area is 145 Å². The predicted molar refractivity (Wildman–Crippen MR) is 93.9 cm³/mol. The largest absolute Gasteiger partial charge is 0.396 e. The SMILES string of the molecule is OCCCNc1nc(Nc2ccc(Cl)cc2Cl)cc(C2CC2)n1. The lowest BCUT2D eigenvalue weighted by Crippen LogP contribution is -2.09. The van der Waals surface area contributed by atoms with Crippen molar-refractivity contribution in [2.45, 2.75) is 25.2 Å². The monoisotopic (exact) mass is 352 g/mol. The van der Waals surface area contributed by atoms with Gasteiger partial charge in [-0.15, -0.1) is 0 Å². The van der Waals surface area contributed by atoms with Gasteiger partial charge in [0.1, 0.15) is 5.82 Å². The Morgan fingerprint density at radius 2 is 2.00 bits per heavy atom. The highest BCUT2D eigenvalue weighted by Gasteiger charge is 2.26. The number of nitrogens with zero attached hydrogens (tertiary/aromatic N) is 2. The van der Waals surface area contributed by atoms with Crippen LogP contribution in [0.5, 0.6) is 0 Å². The van der Waals surface area contributed by atoms with Gasteiger partial charge in [-0.05, 0) is 37.5 Å². The standard InChI is InChI=1S/C16H18Cl2N4O/c17-11-4-5-13(12(18)8-11)20-15-9-14(10-2-3-10)21-16(22-15)19-6-1-7-23/h4-5,8-10,23H,1-3,6-7H2,(H2,19,20,21,22). The number of hydrogen-bond acceptors (Lipinski definition) is 5. The van der Waals surface area contributed by atoms with E-state index in [2.05, 4.69) is 20.6 Å². The summed E-state index contributed by atoms with van der Waals surface area (Å²) in [4.78, 5) is 9.02. The quantitative estimate of drug-likeness (QED) is 0.651. The predicted octanol–water partition coefficient (Wildman–Crippen LogP) is 4.20. The Bertz CT molecular complexity index is 692. The van der Waals surface area contributed by atoms with Crippen LogP contribution in [0.2, 0.25) is 10.0 Å². The molecule has 7 heteroatoms. The first-order chi connectivity index (χ1) is 11.2. The van der Waals surface area contributed by atoms with Gasteiger partial charge in [0.25, 0.3) is 0 Å². The Morgan fingerprint density at radius 3 is 2.70 bits per heavy atom. The van der Waals surface area contributed by atoms with Gasteiger partial charge in [0.2, 0.25) is 5.95 Å². The van der Waals surface area contributed by atoms with Gasteiger partial charge in [-0.1, -0.05) is 23.2 Å². The van der Waals surface area contributed by atoms with Crippen molar-refractivity contribution in [2.24, 2.45) is 0 Å². The molecule has 0 saturated heterocycles. The van der Waals surface area contributed by atoms with Gasteiger partial charge < -0.3 is 15.7 Å². The molecule has 0 unspecified atom stereocenters. The molecule has 3 rings (SSSR count). The van der Waals surface area contributed by atoms with Crippen LogP contribution >= 0.6 is 23.2 Å². The average Bonchev–Trinajstić information content (AvgIpc) is 3.35. The molecule has 1 saturated carbocycles. The fourth-order valence-corrected chi connectivity index (χ4v) is 2.66. The summed E-state index contributed by atoms with van der Waals surface area (Å²) in [5.41, 5.74) is 1.77. The smallest absolute Gasteiger partial charge is 0.224 e. The molecule has 1 aromatic heterocycles. The molecule has 1 aromatic carbocycles. The van der Waals surface area contributed by atoms with Crippen LogP contribution < -0.4 is 10.6 Å². The molecule has 0 radical (unpaired) electrons. The lowest BCUT2D eigenvalue weighted by Gasteiger charge is -2.12. The van der Waals surface area contributed by atoms with Gasteiger partial charge in [0.15, 0.2) is 0 Å². The van der Waals surface area contributed by atoms with Crippen LogP contribution in [0.25, 0.3) is 0 Å². The third kappa shape index (κ3) is 4.47. The highest BCUT2D eigenvalue weighted by molar-refractivity contribution is 6.36. The second kappa shape index (κ2) is 7.34. The minimum Gasteiger partial charge on any atom is -0.396 e. The van der Waals surface area contributed by atoms with Gasteiger partial charge in [-0.25, -0.2) is 4.98 Å². The molecule has 122 valence electrons. The Hall–Kier alpha value is -1.56. The van der Waals surface area contributed by atoms with Crippen molar-refractivity contribution in [3.63, 3.8) is 0 Å². The van der Waals surface area contributed by atoms with Crippen molar-refractivity contribution in [1.29, 1.82) is 0 Å². The van der Waals surface area contributed by atoms with Crippen molar-refractivity contribution >= 4 is 40.7 Å². The molecule has 5 nitrogen and oxygen atoms in total. The number of aliphatic hydroxyl groups is 1. The van der Waals surface area contributed by atoms with E-state index in [9.17, 15) is 0 Å². The van der Waals surface area contributed by atoms with Crippen LogP contribution in [0.15, 0.2) is 24.3 Å². The molecule has 0 spiro atoms. The molecule has 3 N–H and O–H groups in total. The molecule has 1 fully saturated rings. The number of rotatable bonds is 7. The van der Waals surface area contributed by atoms with Crippen molar-refractivity contribution in [3.05, 3.63) is 40.0 Å². The fourth-order valence-electron chi connectivity index (χ4n) is 2.21. The van der Waals surface area contributed by atoms with E-state index >= 15 is 0 Å². The van der Waals surface area contributed by atoms with Gasteiger partial charge in [0.05, 0.1) is 16.4 Å². The molecule has 1 heterocycles. The normalized spacial score (nSPS) is 13.9. The van der Waals surface area contributed by atoms with E-state index in [0.29, 0.717) is 40.7 Å². The number of halogens is 2. The second-order valence-corrected chi connectivity index (χ2v) is 6.37. The maximum absolute atomic E-state index is 8.88. The minimum absolute atomic E-state index is 0.140. The third-order valence-electron chi connectivity index (χ3n) is 3.55. The third-order valence-corrected chi connectivity index (χ3v) is 4.10. The Balaban J connectivity index is 1.82. The van der Waals surface area contributed by atoms with Crippen molar-refractivity contribution in [3.8, 4) is 0 Å². The number of benzene rings is 1. The molecule has 2 aromatic rings. The number of aliphatic hydroxyl groups excluding tert-OH is 1. The van der Waals surface area contributed by atoms with E-state index in [1.807, 2.05) is 12.1 Å². The number of nitrogens with one attached hydrogen (secondary N) is 2. The maximum Gasteiger partial charge on any atom is 0.224 e. The van der Waals surface area contributed by atoms with E-state index in [4.69, 9.17) is 28.3 Å².